The van der Waals surface area contributed by atoms with Gasteiger partial charge in [-0.15, -0.1) is 0 Å². The smallest absolute Gasteiger partial charge is 0.228 e. The lowest BCUT2D eigenvalue weighted by Crippen LogP contribution is -2.14. The van der Waals surface area contributed by atoms with E-state index in [0.717, 1.165) is 10.0 Å². The molecule has 0 aliphatic heterocycles. The van der Waals surface area contributed by atoms with Crippen LogP contribution in [0.15, 0.2) is 46.9 Å². The summed E-state index contributed by atoms with van der Waals surface area (Å²) in [6.45, 7) is 0. The number of halogens is 1. The highest BCUT2D eigenvalue weighted by molar-refractivity contribution is 9.10. The molecule has 0 unspecified atom stereocenters. The summed E-state index contributed by atoms with van der Waals surface area (Å²) in [6.07, 6.45) is 0.312. The van der Waals surface area contributed by atoms with Crippen LogP contribution < -0.4 is 15.8 Å². The molecule has 0 heterocycles. The van der Waals surface area contributed by atoms with E-state index in [1.807, 2.05) is 24.3 Å². The van der Waals surface area contributed by atoms with Gasteiger partial charge in [0.15, 0.2) is 0 Å². The summed E-state index contributed by atoms with van der Waals surface area (Å²) < 4.78 is 6.07. The number of hydrogen-bond donors (Lipinski definition) is 2. The Balaban J connectivity index is 2.04. The number of methoxy groups -OCH3 is 1. The minimum Gasteiger partial charge on any atom is -0.495 e. The maximum atomic E-state index is 12.0. The van der Waals surface area contributed by atoms with Gasteiger partial charge in [-0.05, 0) is 29.8 Å². The van der Waals surface area contributed by atoms with Crippen molar-refractivity contribution < 1.29 is 9.53 Å². The van der Waals surface area contributed by atoms with Crippen LogP contribution in [-0.4, -0.2) is 13.0 Å². The summed E-state index contributed by atoms with van der Waals surface area (Å²) >= 11 is 3.38. The maximum absolute atomic E-state index is 12.0. The zero-order chi connectivity index (χ0) is 14.5. The largest absolute Gasteiger partial charge is 0.495 e. The lowest BCUT2D eigenvalue weighted by atomic mass is 10.1. The highest BCUT2D eigenvalue weighted by Crippen LogP contribution is 2.25. The van der Waals surface area contributed by atoms with E-state index >= 15 is 0 Å². The Kier molecular flexibility index (Phi) is 4.63. The molecule has 0 spiro atoms. The van der Waals surface area contributed by atoms with Crippen molar-refractivity contribution in [2.45, 2.75) is 6.42 Å². The molecule has 0 saturated carbocycles. The van der Waals surface area contributed by atoms with Crippen LogP contribution >= 0.6 is 15.9 Å². The second-order valence-electron chi connectivity index (χ2n) is 4.31. The number of amides is 1. The van der Waals surface area contributed by atoms with E-state index in [9.17, 15) is 4.79 Å². The summed E-state index contributed by atoms with van der Waals surface area (Å²) in [6, 6.07) is 12.8. The van der Waals surface area contributed by atoms with Crippen LogP contribution in [-0.2, 0) is 11.2 Å². The number of rotatable bonds is 4. The molecule has 1 amide bonds. The number of hydrogen-bond acceptors (Lipinski definition) is 3. The second-order valence-corrected chi connectivity index (χ2v) is 5.23. The van der Waals surface area contributed by atoms with Crippen molar-refractivity contribution in [3.8, 4) is 5.75 Å². The maximum Gasteiger partial charge on any atom is 0.228 e. The van der Waals surface area contributed by atoms with Crippen molar-refractivity contribution >= 4 is 33.2 Å². The van der Waals surface area contributed by atoms with Crippen LogP contribution in [0, 0.1) is 0 Å². The van der Waals surface area contributed by atoms with Crippen LogP contribution in [0.5, 0.6) is 5.75 Å². The molecule has 2 aromatic rings. The molecule has 0 fully saturated rings. The number of carbonyl (C=O) groups excluding carboxylic acids is 1. The van der Waals surface area contributed by atoms with Gasteiger partial charge in [-0.25, -0.2) is 0 Å². The lowest BCUT2D eigenvalue weighted by Gasteiger charge is -2.09. The fraction of sp³-hybridized carbons (Fsp3) is 0.133. The predicted octanol–water partition coefficient (Wildman–Crippen LogP) is 3.22. The van der Waals surface area contributed by atoms with E-state index in [4.69, 9.17) is 10.5 Å². The minimum absolute atomic E-state index is 0.0880. The molecule has 0 saturated heterocycles. The molecule has 0 radical (unpaired) electrons. The van der Waals surface area contributed by atoms with Gasteiger partial charge in [0, 0.05) is 16.2 Å². The van der Waals surface area contributed by atoms with Gasteiger partial charge in [0.05, 0.1) is 19.2 Å². The first kappa shape index (κ1) is 14.4. The van der Waals surface area contributed by atoms with E-state index in [0.29, 0.717) is 23.5 Å². The number of ether oxygens (including phenoxy) is 1. The molecule has 5 heteroatoms. The Labute approximate surface area is 126 Å². The first-order valence-electron chi connectivity index (χ1n) is 6.06. The normalized spacial score (nSPS) is 10.1. The molecular weight excluding hydrogens is 320 g/mol. The quantitative estimate of drug-likeness (QED) is 0.843. The van der Waals surface area contributed by atoms with E-state index in [1.165, 1.54) is 0 Å². The van der Waals surface area contributed by atoms with Crippen LogP contribution in [0.25, 0.3) is 0 Å². The molecule has 0 atom stereocenters. The van der Waals surface area contributed by atoms with Crippen LogP contribution in [0.3, 0.4) is 0 Å². The third-order valence-corrected chi connectivity index (χ3v) is 3.26. The number of nitrogens with two attached hydrogens (primary N) is 1. The first-order chi connectivity index (χ1) is 9.58. The molecular formula is C15H15BrN2O2. The summed E-state index contributed by atoms with van der Waals surface area (Å²) in [4.78, 5) is 12.0. The van der Waals surface area contributed by atoms with Gasteiger partial charge in [-0.1, -0.05) is 28.1 Å². The molecule has 0 aliphatic rings. The van der Waals surface area contributed by atoms with Crippen molar-refractivity contribution in [3.05, 3.63) is 52.5 Å². The second kappa shape index (κ2) is 6.43. The highest BCUT2D eigenvalue weighted by atomic mass is 79.9. The van der Waals surface area contributed by atoms with Gasteiger partial charge in [-0.3, -0.25) is 4.79 Å². The predicted molar refractivity (Wildman–Crippen MR) is 83.9 cm³/mol. The number of carbonyl (C=O) groups is 1. The average Bonchev–Trinajstić information content (AvgIpc) is 2.41. The van der Waals surface area contributed by atoms with E-state index < -0.39 is 0 Å². The van der Waals surface area contributed by atoms with Crippen LogP contribution in [0.4, 0.5) is 11.4 Å². The van der Waals surface area contributed by atoms with Crippen molar-refractivity contribution in [1.29, 1.82) is 0 Å². The van der Waals surface area contributed by atoms with Crippen molar-refractivity contribution in [2.24, 2.45) is 0 Å². The summed E-state index contributed by atoms with van der Waals surface area (Å²) in [5.74, 6) is 0.459. The molecule has 20 heavy (non-hydrogen) atoms. The summed E-state index contributed by atoms with van der Waals surface area (Å²) in [5.41, 5.74) is 7.87. The Bertz CT molecular complexity index is 629. The third-order valence-electron chi connectivity index (χ3n) is 2.77. The zero-order valence-electron chi connectivity index (χ0n) is 11.0. The van der Waals surface area contributed by atoms with E-state index in [-0.39, 0.29) is 5.91 Å². The van der Waals surface area contributed by atoms with Crippen molar-refractivity contribution in [3.63, 3.8) is 0 Å². The molecule has 0 bridgehead atoms. The molecule has 3 N–H and O–H groups in total. The van der Waals surface area contributed by atoms with Gasteiger partial charge in [0.1, 0.15) is 5.75 Å². The van der Waals surface area contributed by atoms with Gasteiger partial charge in [-0.2, -0.15) is 0 Å². The monoisotopic (exact) mass is 334 g/mol. The number of nitrogens with one attached hydrogen (secondary N) is 1. The highest BCUT2D eigenvalue weighted by Gasteiger charge is 2.06. The fourth-order valence-corrected chi connectivity index (χ4v) is 2.27. The molecule has 104 valence electrons. The summed E-state index contributed by atoms with van der Waals surface area (Å²) in [7, 11) is 1.54. The lowest BCUT2D eigenvalue weighted by molar-refractivity contribution is -0.115. The van der Waals surface area contributed by atoms with E-state index in [2.05, 4.69) is 21.2 Å². The number of anilines is 2. The number of nitrogen functional groups attached to an aromatic ring is 1. The molecule has 0 aliphatic carbocycles. The number of benzene rings is 2. The van der Waals surface area contributed by atoms with Gasteiger partial charge in [0.25, 0.3) is 0 Å². The third kappa shape index (κ3) is 3.74. The fourth-order valence-electron chi connectivity index (χ4n) is 1.83. The van der Waals surface area contributed by atoms with Gasteiger partial charge >= 0.3 is 0 Å². The van der Waals surface area contributed by atoms with Crippen molar-refractivity contribution in [2.75, 3.05) is 18.2 Å². The van der Waals surface area contributed by atoms with E-state index in [1.54, 1.807) is 25.3 Å². The molecule has 2 rings (SSSR count). The van der Waals surface area contributed by atoms with Crippen molar-refractivity contribution in [1.82, 2.24) is 0 Å². The van der Waals surface area contributed by atoms with Gasteiger partial charge < -0.3 is 15.8 Å². The Morgan fingerprint density at radius 2 is 2.10 bits per heavy atom. The van der Waals surface area contributed by atoms with Gasteiger partial charge in [0.2, 0.25) is 5.91 Å². The molecule has 0 aromatic heterocycles. The first-order valence-corrected chi connectivity index (χ1v) is 6.85. The van der Waals surface area contributed by atoms with Crippen LogP contribution in [0.1, 0.15) is 5.56 Å². The Morgan fingerprint density at radius 3 is 2.80 bits per heavy atom. The Hall–Kier alpha value is -2.01. The SMILES string of the molecule is COc1cc(NC(=O)Cc2cccc(Br)c2)ccc1N. The zero-order valence-corrected chi connectivity index (χ0v) is 12.6. The average molecular weight is 335 g/mol. The summed E-state index contributed by atoms with van der Waals surface area (Å²) in [5, 5.41) is 2.82. The van der Waals surface area contributed by atoms with Crippen LogP contribution in [0.2, 0.25) is 0 Å². The Morgan fingerprint density at radius 1 is 1.30 bits per heavy atom. The topological polar surface area (TPSA) is 64.3 Å². The molecule has 2 aromatic carbocycles. The minimum atomic E-state index is -0.0880. The molecule has 4 nitrogen and oxygen atoms in total. The standard InChI is InChI=1S/C15H15BrN2O2/c1-20-14-9-12(5-6-13(14)17)18-15(19)8-10-3-2-4-11(16)7-10/h2-7,9H,8,17H2,1H3,(H,18,19).